The summed E-state index contributed by atoms with van der Waals surface area (Å²) in [7, 11) is 0. The zero-order valence-corrected chi connectivity index (χ0v) is 9.64. The second-order valence-electron chi connectivity index (χ2n) is 3.95. The van der Waals surface area contributed by atoms with Crippen LogP contribution in [-0.2, 0) is 4.74 Å². The lowest BCUT2D eigenvalue weighted by Crippen LogP contribution is -2.20. The molecular weight excluding hydrogens is 216 g/mol. The van der Waals surface area contributed by atoms with Gasteiger partial charge >= 0.3 is 0 Å². The van der Waals surface area contributed by atoms with Crippen molar-refractivity contribution >= 4 is 15.9 Å². The van der Waals surface area contributed by atoms with Crippen LogP contribution in [0.1, 0.15) is 33.1 Å². The fourth-order valence-corrected chi connectivity index (χ4v) is 1.91. The van der Waals surface area contributed by atoms with Gasteiger partial charge in [0.05, 0.1) is 0 Å². The largest absolute Gasteiger partial charge is 0.381 e. The lowest BCUT2D eigenvalue weighted by molar-refractivity contribution is 0.0595. The summed E-state index contributed by atoms with van der Waals surface area (Å²) >= 11 is 3.64. The third-order valence-corrected chi connectivity index (χ3v) is 3.73. The van der Waals surface area contributed by atoms with E-state index in [0.29, 0.717) is 4.83 Å². The third-order valence-electron chi connectivity index (χ3n) is 2.83. The van der Waals surface area contributed by atoms with Crippen LogP contribution in [0.5, 0.6) is 0 Å². The number of ether oxygens (including phenoxy) is 1. The van der Waals surface area contributed by atoms with Crippen LogP contribution in [0.3, 0.4) is 0 Å². The summed E-state index contributed by atoms with van der Waals surface area (Å²) in [4.78, 5) is 0.653. The molecule has 0 aromatic heterocycles. The highest BCUT2D eigenvalue weighted by molar-refractivity contribution is 9.09. The Kier molecular flexibility index (Phi) is 4.59. The lowest BCUT2D eigenvalue weighted by atomic mass is 9.89. The van der Waals surface area contributed by atoms with Crippen molar-refractivity contribution in [2.45, 2.75) is 37.9 Å². The number of hydrogen-bond acceptors (Lipinski definition) is 1. The normalized spacial score (nSPS) is 25.2. The van der Waals surface area contributed by atoms with E-state index in [-0.39, 0.29) is 0 Å². The van der Waals surface area contributed by atoms with Gasteiger partial charge in [0.1, 0.15) is 0 Å². The van der Waals surface area contributed by atoms with E-state index in [1.165, 1.54) is 19.3 Å². The first-order valence-electron chi connectivity index (χ1n) is 4.92. The molecule has 2 heteroatoms. The van der Waals surface area contributed by atoms with Crippen molar-refractivity contribution in [2.75, 3.05) is 13.2 Å². The summed E-state index contributed by atoms with van der Waals surface area (Å²) in [6, 6.07) is 0. The molecule has 0 aromatic carbocycles. The average Bonchev–Trinajstić information content (AvgIpc) is 2.06. The molecule has 0 aromatic rings. The first-order valence-corrected chi connectivity index (χ1v) is 5.83. The first-order chi connectivity index (χ1) is 5.70. The van der Waals surface area contributed by atoms with Gasteiger partial charge in [0, 0.05) is 18.0 Å². The monoisotopic (exact) mass is 234 g/mol. The Morgan fingerprint density at radius 2 is 1.92 bits per heavy atom. The summed E-state index contributed by atoms with van der Waals surface area (Å²) in [5.74, 6) is 1.71. The maximum Gasteiger partial charge on any atom is 0.0468 e. The second kappa shape index (κ2) is 5.23. The molecule has 0 radical (unpaired) electrons. The molecule has 1 aliphatic rings. The Bertz CT molecular complexity index is 119. The standard InChI is InChI=1S/C10H19BrO/c1-8(9(2)11)7-10-3-5-12-6-4-10/h8-10H,3-7H2,1-2H3. The smallest absolute Gasteiger partial charge is 0.0468 e. The van der Waals surface area contributed by atoms with Gasteiger partial charge in [-0.3, -0.25) is 0 Å². The lowest BCUT2D eigenvalue weighted by Gasteiger charge is -2.25. The molecule has 0 saturated carbocycles. The number of halogens is 1. The van der Waals surface area contributed by atoms with Crippen molar-refractivity contribution in [3.8, 4) is 0 Å². The van der Waals surface area contributed by atoms with E-state index in [0.717, 1.165) is 25.0 Å². The van der Waals surface area contributed by atoms with E-state index in [2.05, 4.69) is 29.8 Å². The number of rotatable bonds is 3. The van der Waals surface area contributed by atoms with E-state index >= 15 is 0 Å². The summed E-state index contributed by atoms with van der Waals surface area (Å²) in [6.45, 7) is 6.53. The van der Waals surface area contributed by atoms with Crippen LogP contribution in [0.4, 0.5) is 0 Å². The van der Waals surface area contributed by atoms with Crippen molar-refractivity contribution in [1.82, 2.24) is 0 Å². The van der Waals surface area contributed by atoms with E-state index in [9.17, 15) is 0 Å². The maximum atomic E-state index is 5.33. The maximum absolute atomic E-state index is 5.33. The molecule has 0 spiro atoms. The molecule has 1 rings (SSSR count). The molecule has 2 atom stereocenters. The average molecular weight is 235 g/mol. The molecule has 1 heterocycles. The summed E-state index contributed by atoms with van der Waals surface area (Å²) in [5.41, 5.74) is 0. The Hall–Kier alpha value is 0.440. The Labute approximate surface area is 84.0 Å². The minimum Gasteiger partial charge on any atom is -0.381 e. The van der Waals surface area contributed by atoms with Crippen LogP contribution in [-0.4, -0.2) is 18.0 Å². The molecule has 72 valence electrons. The molecule has 0 aliphatic carbocycles. The van der Waals surface area contributed by atoms with Gasteiger partial charge in [-0.2, -0.15) is 0 Å². The zero-order chi connectivity index (χ0) is 8.97. The Morgan fingerprint density at radius 1 is 1.33 bits per heavy atom. The van der Waals surface area contributed by atoms with Gasteiger partial charge in [-0.1, -0.05) is 29.8 Å². The van der Waals surface area contributed by atoms with Crippen LogP contribution in [0.2, 0.25) is 0 Å². The van der Waals surface area contributed by atoms with Crippen LogP contribution in [0.25, 0.3) is 0 Å². The Balaban J connectivity index is 2.20. The predicted molar refractivity (Wildman–Crippen MR) is 55.7 cm³/mol. The molecule has 12 heavy (non-hydrogen) atoms. The second-order valence-corrected chi connectivity index (χ2v) is 5.39. The fraction of sp³-hybridized carbons (Fsp3) is 1.00. The highest BCUT2D eigenvalue weighted by Crippen LogP contribution is 2.26. The summed E-state index contributed by atoms with van der Waals surface area (Å²) in [6.07, 6.45) is 3.89. The van der Waals surface area contributed by atoms with Crippen LogP contribution < -0.4 is 0 Å². The van der Waals surface area contributed by atoms with Crippen molar-refractivity contribution in [3.63, 3.8) is 0 Å². The van der Waals surface area contributed by atoms with E-state index in [4.69, 9.17) is 4.74 Å². The molecule has 0 bridgehead atoms. The quantitative estimate of drug-likeness (QED) is 0.682. The molecule has 1 nitrogen and oxygen atoms in total. The molecule has 1 aliphatic heterocycles. The van der Waals surface area contributed by atoms with Gasteiger partial charge < -0.3 is 4.74 Å². The zero-order valence-electron chi connectivity index (χ0n) is 8.05. The van der Waals surface area contributed by atoms with Gasteiger partial charge in [0.25, 0.3) is 0 Å². The highest BCUT2D eigenvalue weighted by Gasteiger charge is 2.18. The molecular formula is C10H19BrO. The SMILES string of the molecule is CC(Br)C(C)CC1CCOCC1. The van der Waals surface area contributed by atoms with Gasteiger partial charge in [-0.25, -0.2) is 0 Å². The fourth-order valence-electron chi connectivity index (χ4n) is 1.70. The molecule has 2 unspecified atom stereocenters. The molecule has 0 amide bonds. The number of hydrogen-bond donors (Lipinski definition) is 0. The summed E-state index contributed by atoms with van der Waals surface area (Å²) in [5, 5.41) is 0. The molecule has 1 saturated heterocycles. The molecule has 1 fully saturated rings. The molecule has 0 N–H and O–H groups in total. The van der Waals surface area contributed by atoms with Crippen molar-refractivity contribution in [3.05, 3.63) is 0 Å². The van der Waals surface area contributed by atoms with E-state index in [1.807, 2.05) is 0 Å². The van der Waals surface area contributed by atoms with Gasteiger partial charge in [-0.05, 0) is 31.1 Å². The van der Waals surface area contributed by atoms with Crippen LogP contribution >= 0.6 is 15.9 Å². The number of alkyl halides is 1. The van der Waals surface area contributed by atoms with Crippen molar-refractivity contribution in [1.29, 1.82) is 0 Å². The topological polar surface area (TPSA) is 9.23 Å². The van der Waals surface area contributed by atoms with Crippen molar-refractivity contribution < 1.29 is 4.74 Å². The third kappa shape index (κ3) is 3.44. The van der Waals surface area contributed by atoms with E-state index < -0.39 is 0 Å². The minimum absolute atomic E-state index is 0.653. The Morgan fingerprint density at radius 3 is 2.42 bits per heavy atom. The van der Waals surface area contributed by atoms with Crippen LogP contribution in [0.15, 0.2) is 0 Å². The van der Waals surface area contributed by atoms with Gasteiger partial charge in [-0.15, -0.1) is 0 Å². The van der Waals surface area contributed by atoms with E-state index in [1.54, 1.807) is 0 Å². The summed E-state index contributed by atoms with van der Waals surface area (Å²) < 4.78 is 5.33. The van der Waals surface area contributed by atoms with Crippen molar-refractivity contribution in [2.24, 2.45) is 11.8 Å². The highest BCUT2D eigenvalue weighted by atomic mass is 79.9. The van der Waals surface area contributed by atoms with Gasteiger partial charge in [0.15, 0.2) is 0 Å². The van der Waals surface area contributed by atoms with Gasteiger partial charge in [0.2, 0.25) is 0 Å². The first kappa shape index (κ1) is 10.5. The predicted octanol–water partition coefficient (Wildman–Crippen LogP) is 3.22. The van der Waals surface area contributed by atoms with Crippen LogP contribution in [0, 0.1) is 11.8 Å². The minimum atomic E-state index is 0.653.